The minimum absolute atomic E-state index is 0.0640. The van der Waals surface area contributed by atoms with Crippen molar-refractivity contribution in [3.05, 3.63) is 23.1 Å². The van der Waals surface area contributed by atoms with Crippen LogP contribution in [0.5, 0.6) is 0 Å². The topological polar surface area (TPSA) is 59.3 Å². The highest BCUT2D eigenvalue weighted by Gasteiger charge is 2.21. The zero-order valence-corrected chi connectivity index (χ0v) is 9.42. The number of hydrogen-bond acceptors (Lipinski definition) is 3. The Kier molecular flexibility index (Phi) is 3.29. The van der Waals surface area contributed by atoms with Crippen molar-refractivity contribution in [3.8, 4) is 0 Å². The number of halogens is 1. The third-order valence-corrected chi connectivity index (χ3v) is 2.88. The molecule has 1 N–H and O–H groups in total. The number of ketones is 1. The van der Waals surface area contributed by atoms with Crippen LogP contribution in [-0.4, -0.2) is 17.7 Å². The van der Waals surface area contributed by atoms with E-state index in [9.17, 15) is 9.59 Å². The molecule has 2 rings (SSSR count). The smallest absolute Gasteiger partial charge is 0.287 e. The number of rotatable bonds is 2. The van der Waals surface area contributed by atoms with Gasteiger partial charge in [0.05, 0.1) is 0 Å². The molecule has 1 amide bonds. The summed E-state index contributed by atoms with van der Waals surface area (Å²) in [5, 5.41) is 3.02. The van der Waals surface area contributed by atoms with E-state index in [1.807, 2.05) is 0 Å². The molecule has 0 aliphatic heterocycles. The first-order chi connectivity index (χ1) is 7.65. The zero-order valence-electron chi connectivity index (χ0n) is 8.66. The molecule has 0 unspecified atom stereocenters. The highest BCUT2D eigenvalue weighted by molar-refractivity contribution is 6.29. The second kappa shape index (κ2) is 4.70. The molecule has 1 aromatic rings. The Morgan fingerprint density at radius 1 is 1.38 bits per heavy atom. The van der Waals surface area contributed by atoms with Crippen molar-refractivity contribution in [3.63, 3.8) is 0 Å². The van der Waals surface area contributed by atoms with E-state index in [-0.39, 0.29) is 28.7 Å². The Bertz CT molecular complexity index is 403. The summed E-state index contributed by atoms with van der Waals surface area (Å²) < 4.78 is 4.99. The molecule has 0 aromatic carbocycles. The fourth-order valence-electron chi connectivity index (χ4n) is 1.78. The highest BCUT2D eigenvalue weighted by Crippen LogP contribution is 2.17. The molecular formula is C11H12ClNO3. The summed E-state index contributed by atoms with van der Waals surface area (Å²) in [6, 6.07) is 3.13. The van der Waals surface area contributed by atoms with E-state index < -0.39 is 0 Å². The van der Waals surface area contributed by atoms with Gasteiger partial charge in [-0.3, -0.25) is 9.59 Å². The number of hydrogen-bond donors (Lipinski definition) is 1. The van der Waals surface area contributed by atoms with E-state index in [1.54, 1.807) is 0 Å². The summed E-state index contributed by atoms with van der Waals surface area (Å²) in [6.45, 7) is 0. The summed E-state index contributed by atoms with van der Waals surface area (Å²) in [5.74, 6) is 0.208. The van der Waals surface area contributed by atoms with E-state index in [0.29, 0.717) is 25.7 Å². The Hall–Kier alpha value is -1.29. The van der Waals surface area contributed by atoms with Gasteiger partial charge in [-0.25, -0.2) is 0 Å². The van der Waals surface area contributed by atoms with Gasteiger partial charge in [-0.2, -0.15) is 0 Å². The zero-order chi connectivity index (χ0) is 11.5. The average Bonchev–Trinajstić information content (AvgIpc) is 2.68. The van der Waals surface area contributed by atoms with Gasteiger partial charge in [0.25, 0.3) is 5.91 Å². The number of Topliss-reactive ketones (excluding diaryl/α,β-unsaturated/α-hetero) is 1. The maximum atomic E-state index is 11.7. The van der Waals surface area contributed by atoms with Crippen LogP contribution in [-0.2, 0) is 4.79 Å². The van der Waals surface area contributed by atoms with E-state index >= 15 is 0 Å². The monoisotopic (exact) mass is 241 g/mol. The second-order valence-electron chi connectivity index (χ2n) is 3.89. The number of carbonyl (C=O) groups is 2. The Morgan fingerprint density at radius 3 is 2.62 bits per heavy atom. The number of carbonyl (C=O) groups excluding carboxylic acids is 2. The minimum Gasteiger partial charge on any atom is -0.440 e. The molecule has 5 heteroatoms. The lowest BCUT2D eigenvalue weighted by Crippen LogP contribution is -2.37. The van der Waals surface area contributed by atoms with E-state index in [2.05, 4.69) is 5.32 Å². The molecule has 1 heterocycles. The molecule has 0 atom stereocenters. The van der Waals surface area contributed by atoms with Crippen LogP contribution >= 0.6 is 11.6 Å². The van der Waals surface area contributed by atoms with Crippen molar-refractivity contribution >= 4 is 23.3 Å². The molecule has 1 aliphatic rings. The number of furan rings is 1. The lowest BCUT2D eigenvalue weighted by molar-refractivity contribution is -0.120. The molecule has 0 saturated heterocycles. The van der Waals surface area contributed by atoms with Crippen LogP contribution in [0, 0.1) is 0 Å². The molecule has 16 heavy (non-hydrogen) atoms. The molecule has 1 aliphatic carbocycles. The molecule has 0 radical (unpaired) electrons. The van der Waals surface area contributed by atoms with Gasteiger partial charge in [-0.05, 0) is 36.6 Å². The fourth-order valence-corrected chi connectivity index (χ4v) is 1.92. The SMILES string of the molecule is O=C1CCC(NC(=O)c2ccc(Cl)o2)CC1. The first-order valence-corrected chi connectivity index (χ1v) is 5.61. The summed E-state index contributed by atoms with van der Waals surface area (Å²) in [7, 11) is 0. The average molecular weight is 242 g/mol. The molecule has 0 spiro atoms. The van der Waals surface area contributed by atoms with Gasteiger partial charge < -0.3 is 9.73 Å². The maximum Gasteiger partial charge on any atom is 0.287 e. The third kappa shape index (κ3) is 2.64. The first kappa shape index (κ1) is 11.2. The predicted octanol–water partition coefficient (Wildman–Crippen LogP) is 2.17. The summed E-state index contributed by atoms with van der Waals surface area (Å²) in [5.41, 5.74) is 0. The van der Waals surface area contributed by atoms with Crippen molar-refractivity contribution < 1.29 is 14.0 Å². The Morgan fingerprint density at radius 2 is 2.06 bits per heavy atom. The molecule has 1 saturated carbocycles. The van der Waals surface area contributed by atoms with Gasteiger partial charge in [0.2, 0.25) is 0 Å². The lowest BCUT2D eigenvalue weighted by atomic mass is 9.94. The molecule has 0 bridgehead atoms. The number of amides is 1. The minimum atomic E-state index is -0.272. The fraction of sp³-hybridized carbons (Fsp3) is 0.455. The van der Waals surface area contributed by atoms with E-state index in [4.69, 9.17) is 16.0 Å². The van der Waals surface area contributed by atoms with Crippen LogP contribution in [0.1, 0.15) is 36.2 Å². The summed E-state index contributed by atoms with van der Waals surface area (Å²) >= 11 is 5.58. The highest BCUT2D eigenvalue weighted by atomic mass is 35.5. The van der Waals surface area contributed by atoms with Gasteiger partial charge >= 0.3 is 0 Å². The molecule has 4 nitrogen and oxygen atoms in total. The third-order valence-electron chi connectivity index (χ3n) is 2.68. The van der Waals surface area contributed by atoms with E-state index in [0.717, 1.165) is 0 Å². The van der Waals surface area contributed by atoms with Crippen LogP contribution in [0.2, 0.25) is 5.22 Å². The summed E-state index contributed by atoms with van der Waals surface area (Å²) in [4.78, 5) is 22.7. The van der Waals surface area contributed by atoms with Gasteiger partial charge in [0.1, 0.15) is 5.78 Å². The van der Waals surface area contributed by atoms with Crippen LogP contribution < -0.4 is 5.32 Å². The van der Waals surface area contributed by atoms with Gasteiger partial charge in [0.15, 0.2) is 11.0 Å². The van der Waals surface area contributed by atoms with Crippen LogP contribution in [0.3, 0.4) is 0 Å². The van der Waals surface area contributed by atoms with Crippen molar-refractivity contribution in [2.24, 2.45) is 0 Å². The van der Waals surface area contributed by atoms with Crippen molar-refractivity contribution in [1.82, 2.24) is 5.32 Å². The first-order valence-electron chi connectivity index (χ1n) is 5.23. The second-order valence-corrected chi connectivity index (χ2v) is 4.26. The molecule has 86 valence electrons. The van der Waals surface area contributed by atoms with Crippen LogP contribution in [0.15, 0.2) is 16.5 Å². The van der Waals surface area contributed by atoms with E-state index in [1.165, 1.54) is 12.1 Å². The molecular weight excluding hydrogens is 230 g/mol. The van der Waals surface area contributed by atoms with Crippen molar-refractivity contribution in [1.29, 1.82) is 0 Å². The standard InChI is InChI=1S/C11H12ClNO3/c12-10-6-5-9(16-10)11(15)13-7-1-3-8(14)4-2-7/h5-7H,1-4H2,(H,13,15). The lowest BCUT2D eigenvalue weighted by Gasteiger charge is -2.21. The van der Waals surface area contributed by atoms with Crippen LogP contribution in [0.25, 0.3) is 0 Å². The normalized spacial score (nSPS) is 17.4. The Balaban J connectivity index is 1.90. The largest absolute Gasteiger partial charge is 0.440 e. The summed E-state index contributed by atoms with van der Waals surface area (Å²) in [6.07, 6.45) is 2.51. The van der Waals surface area contributed by atoms with Crippen molar-refractivity contribution in [2.75, 3.05) is 0 Å². The molecule has 1 aromatic heterocycles. The van der Waals surface area contributed by atoms with Gasteiger partial charge in [0, 0.05) is 18.9 Å². The number of nitrogens with one attached hydrogen (secondary N) is 1. The quantitative estimate of drug-likeness (QED) is 0.863. The van der Waals surface area contributed by atoms with Crippen molar-refractivity contribution in [2.45, 2.75) is 31.7 Å². The van der Waals surface area contributed by atoms with Gasteiger partial charge in [-0.15, -0.1) is 0 Å². The maximum absolute atomic E-state index is 11.7. The predicted molar refractivity (Wildman–Crippen MR) is 58.4 cm³/mol. The van der Waals surface area contributed by atoms with Crippen LogP contribution in [0.4, 0.5) is 0 Å². The Labute approximate surface area is 98.0 Å². The van der Waals surface area contributed by atoms with Gasteiger partial charge in [-0.1, -0.05) is 0 Å². The molecule has 1 fully saturated rings.